The number of halogens is 2. The third-order valence-electron chi connectivity index (χ3n) is 3.25. The number of likely N-dealkylation sites (N-methyl/N-ethyl adjacent to an activating group) is 1. The Morgan fingerprint density at radius 3 is 2.50 bits per heavy atom. The maximum atomic E-state index is 6.25. The molecule has 1 aromatic heterocycles. The number of rotatable bonds is 6. The number of nitrogens with one attached hydrogen (secondary N) is 1. The predicted octanol–water partition coefficient (Wildman–Crippen LogP) is 3.49. The van der Waals surface area contributed by atoms with Crippen molar-refractivity contribution in [2.45, 2.75) is 25.8 Å². The van der Waals surface area contributed by atoms with Crippen LogP contribution in [-0.2, 0) is 19.9 Å². The van der Waals surface area contributed by atoms with Gasteiger partial charge in [0.2, 0.25) is 0 Å². The summed E-state index contributed by atoms with van der Waals surface area (Å²) in [6, 6.07) is 5.94. The summed E-state index contributed by atoms with van der Waals surface area (Å²) in [5.74, 6) is 0. The SMILES string of the molecule is CCNC(Cc1cnn(C)c1)Cc1c(Cl)cccc1Cl. The fraction of sp³-hybridized carbons (Fsp3) is 0.400. The summed E-state index contributed by atoms with van der Waals surface area (Å²) < 4.78 is 1.82. The second-order valence-corrected chi connectivity index (χ2v) is 5.70. The van der Waals surface area contributed by atoms with Crippen LogP contribution >= 0.6 is 23.2 Å². The van der Waals surface area contributed by atoms with E-state index in [0.29, 0.717) is 6.04 Å². The molecule has 0 amide bonds. The van der Waals surface area contributed by atoms with Gasteiger partial charge in [-0.3, -0.25) is 4.68 Å². The average molecular weight is 312 g/mol. The molecule has 2 aromatic rings. The first-order chi connectivity index (χ1) is 9.60. The molecule has 20 heavy (non-hydrogen) atoms. The molecule has 0 saturated heterocycles. The summed E-state index contributed by atoms with van der Waals surface area (Å²) in [7, 11) is 1.93. The van der Waals surface area contributed by atoms with Gasteiger partial charge in [0.25, 0.3) is 0 Å². The summed E-state index contributed by atoms with van der Waals surface area (Å²) in [4.78, 5) is 0. The summed E-state index contributed by atoms with van der Waals surface area (Å²) in [5, 5.41) is 9.15. The number of benzene rings is 1. The lowest BCUT2D eigenvalue weighted by atomic mass is 10.0. The molecule has 0 fully saturated rings. The van der Waals surface area contributed by atoms with Gasteiger partial charge in [0.1, 0.15) is 0 Å². The van der Waals surface area contributed by atoms with Gasteiger partial charge in [-0.1, -0.05) is 36.2 Å². The molecule has 2 rings (SSSR count). The molecule has 3 nitrogen and oxygen atoms in total. The van der Waals surface area contributed by atoms with Crippen LogP contribution in [0.15, 0.2) is 30.6 Å². The van der Waals surface area contributed by atoms with Gasteiger partial charge in [-0.25, -0.2) is 0 Å². The van der Waals surface area contributed by atoms with E-state index in [1.165, 1.54) is 5.56 Å². The number of hydrogen-bond acceptors (Lipinski definition) is 2. The van der Waals surface area contributed by atoms with Crippen molar-refractivity contribution >= 4 is 23.2 Å². The second kappa shape index (κ2) is 7.11. The van der Waals surface area contributed by atoms with Crippen LogP contribution < -0.4 is 5.32 Å². The Bertz CT molecular complexity index is 546. The molecule has 1 heterocycles. The van der Waals surface area contributed by atoms with E-state index in [1.807, 2.05) is 42.3 Å². The molecule has 108 valence electrons. The molecular weight excluding hydrogens is 293 g/mol. The monoisotopic (exact) mass is 311 g/mol. The van der Waals surface area contributed by atoms with Crippen LogP contribution in [0.1, 0.15) is 18.1 Å². The molecule has 1 atom stereocenters. The largest absolute Gasteiger partial charge is 0.314 e. The van der Waals surface area contributed by atoms with Crippen molar-refractivity contribution in [2.24, 2.45) is 7.05 Å². The van der Waals surface area contributed by atoms with E-state index in [4.69, 9.17) is 23.2 Å². The number of hydrogen-bond donors (Lipinski definition) is 1. The molecule has 0 aliphatic rings. The van der Waals surface area contributed by atoms with Crippen LogP contribution in [0.25, 0.3) is 0 Å². The van der Waals surface area contributed by atoms with Gasteiger partial charge in [-0.05, 0) is 42.6 Å². The maximum Gasteiger partial charge on any atom is 0.0522 e. The van der Waals surface area contributed by atoms with E-state index in [1.54, 1.807) is 0 Å². The van der Waals surface area contributed by atoms with E-state index >= 15 is 0 Å². The molecule has 0 saturated carbocycles. The lowest BCUT2D eigenvalue weighted by Crippen LogP contribution is -2.33. The quantitative estimate of drug-likeness (QED) is 0.885. The van der Waals surface area contributed by atoms with Crippen molar-refractivity contribution in [2.75, 3.05) is 6.54 Å². The van der Waals surface area contributed by atoms with Crippen LogP contribution in [0.5, 0.6) is 0 Å². The Morgan fingerprint density at radius 1 is 1.25 bits per heavy atom. The molecule has 1 unspecified atom stereocenters. The van der Waals surface area contributed by atoms with Gasteiger partial charge >= 0.3 is 0 Å². The Balaban J connectivity index is 2.13. The third-order valence-corrected chi connectivity index (χ3v) is 3.95. The minimum Gasteiger partial charge on any atom is -0.314 e. The standard InChI is InChI=1S/C15H19Cl2N3/c1-3-18-12(7-11-9-19-20(2)10-11)8-13-14(16)5-4-6-15(13)17/h4-6,9-10,12,18H,3,7-8H2,1-2H3. The Labute approximate surface area is 129 Å². The van der Waals surface area contributed by atoms with Crippen molar-refractivity contribution < 1.29 is 0 Å². The van der Waals surface area contributed by atoms with Gasteiger partial charge in [0, 0.05) is 29.3 Å². The Kier molecular flexibility index (Phi) is 5.46. The highest BCUT2D eigenvalue weighted by molar-refractivity contribution is 6.36. The van der Waals surface area contributed by atoms with Crippen LogP contribution in [-0.4, -0.2) is 22.4 Å². The lowest BCUT2D eigenvalue weighted by molar-refractivity contribution is 0.521. The van der Waals surface area contributed by atoms with Crippen LogP contribution in [0.2, 0.25) is 10.0 Å². The Morgan fingerprint density at radius 2 is 1.95 bits per heavy atom. The zero-order valence-corrected chi connectivity index (χ0v) is 13.2. The Hall–Kier alpha value is -1.03. The zero-order chi connectivity index (χ0) is 14.5. The lowest BCUT2D eigenvalue weighted by Gasteiger charge is -2.18. The molecule has 0 aliphatic heterocycles. The number of aryl methyl sites for hydroxylation is 1. The van der Waals surface area contributed by atoms with Gasteiger partial charge in [0.05, 0.1) is 6.20 Å². The predicted molar refractivity (Wildman–Crippen MR) is 84.5 cm³/mol. The topological polar surface area (TPSA) is 29.9 Å². The summed E-state index contributed by atoms with van der Waals surface area (Å²) >= 11 is 12.5. The first-order valence-corrected chi connectivity index (χ1v) is 7.49. The first-order valence-electron chi connectivity index (χ1n) is 6.74. The van der Waals surface area contributed by atoms with Gasteiger partial charge < -0.3 is 5.32 Å². The number of nitrogens with zero attached hydrogens (tertiary/aromatic N) is 2. The van der Waals surface area contributed by atoms with E-state index < -0.39 is 0 Å². The zero-order valence-electron chi connectivity index (χ0n) is 11.7. The van der Waals surface area contributed by atoms with Crippen molar-refractivity contribution in [1.82, 2.24) is 15.1 Å². The molecule has 0 bridgehead atoms. The third kappa shape index (κ3) is 3.98. The number of aromatic nitrogens is 2. The maximum absolute atomic E-state index is 6.25. The van der Waals surface area contributed by atoms with E-state index in [0.717, 1.165) is 35.0 Å². The van der Waals surface area contributed by atoms with Crippen molar-refractivity contribution in [3.63, 3.8) is 0 Å². The van der Waals surface area contributed by atoms with Crippen LogP contribution in [0.4, 0.5) is 0 Å². The normalized spacial score (nSPS) is 12.6. The summed E-state index contributed by atoms with van der Waals surface area (Å²) in [6.07, 6.45) is 5.65. The van der Waals surface area contributed by atoms with Gasteiger partial charge in [0.15, 0.2) is 0 Å². The minimum absolute atomic E-state index is 0.293. The molecule has 0 spiro atoms. The summed E-state index contributed by atoms with van der Waals surface area (Å²) in [6.45, 7) is 3.01. The van der Waals surface area contributed by atoms with Gasteiger partial charge in [-0.2, -0.15) is 5.10 Å². The van der Waals surface area contributed by atoms with Gasteiger partial charge in [-0.15, -0.1) is 0 Å². The summed E-state index contributed by atoms with van der Waals surface area (Å²) in [5.41, 5.74) is 2.22. The van der Waals surface area contributed by atoms with Crippen LogP contribution in [0.3, 0.4) is 0 Å². The highest BCUT2D eigenvalue weighted by Gasteiger charge is 2.14. The van der Waals surface area contributed by atoms with E-state index in [2.05, 4.69) is 17.3 Å². The molecule has 0 aliphatic carbocycles. The van der Waals surface area contributed by atoms with Crippen molar-refractivity contribution in [3.05, 3.63) is 51.8 Å². The van der Waals surface area contributed by atoms with Crippen molar-refractivity contribution in [3.8, 4) is 0 Å². The van der Waals surface area contributed by atoms with Crippen LogP contribution in [0, 0.1) is 0 Å². The second-order valence-electron chi connectivity index (χ2n) is 4.89. The first kappa shape index (κ1) is 15.4. The smallest absolute Gasteiger partial charge is 0.0522 e. The fourth-order valence-electron chi connectivity index (χ4n) is 2.34. The highest BCUT2D eigenvalue weighted by Crippen LogP contribution is 2.26. The minimum atomic E-state index is 0.293. The van der Waals surface area contributed by atoms with E-state index in [-0.39, 0.29) is 0 Å². The average Bonchev–Trinajstić information content (AvgIpc) is 2.80. The van der Waals surface area contributed by atoms with E-state index in [9.17, 15) is 0 Å². The molecule has 1 aromatic carbocycles. The molecule has 5 heteroatoms. The molecule has 1 N–H and O–H groups in total. The highest BCUT2D eigenvalue weighted by atomic mass is 35.5. The molecular formula is C15H19Cl2N3. The fourth-order valence-corrected chi connectivity index (χ4v) is 2.89. The molecule has 0 radical (unpaired) electrons. The van der Waals surface area contributed by atoms with Crippen molar-refractivity contribution in [1.29, 1.82) is 0 Å².